The van der Waals surface area contributed by atoms with Crippen LogP contribution in [0, 0.1) is 5.92 Å². The first-order valence-corrected chi connectivity index (χ1v) is 6.08. The van der Waals surface area contributed by atoms with Crippen LogP contribution in [0.4, 0.5) is 0 Å². The Kier molecular flexibility index (Phi) is 4.21. The minimum atomic E-state index is -0.936. The largest absolute Gasteiger partial charge is 0.427 e. The summed E-state index contributed by atoms with van der Waals surface area (Å²) in [5, 5.41) is 9.95. The van der Waals surface area contributed by atoms with E-state index in [9.17, 15) is 9.90 Å². The summed E-state index contributed by atoms with van der Waals surface area (Å²) in [5.74, 6) is 0.521. The van der Waals surface area contributed by atoms with E-state index < -0.39 is 11.2 Å². The highest BCUT2D eigenvalue weighted by Gasteiger charge is 2.36. The molecule has 0 aromatic carbocycles. The second-order valence-electron chi connectivity index (χ2n) is 6.00. The molecule has 0 fully saturated rings. The maximum atomic E-state index is 11.4. The van der Waals surface area contributed by atoms with Crippen molar-refractivity contribution in [1.29, 1.82) is 0 Å². The van der Waals surface area contributed by atoms with Gasteiger partial charge in [-0.2, -0.15) is 0 Å². The molecule has 3 nitrogen and oxygen atoms in total. The van der Waals surface area contributed by atoms with Gasteiger partial charge in [0.15, 0.2) is 5.78 Å². The number of rotatable bonds is 4. The van der Waals surface area contributed by atoms with E-state index in [2.05, 4.69) is 6.92 Å². The molecule has 0 aliphatic heterocycles. The Morgan fingerprint density at radius 2 is 1.94 bits per heavy atom. The molecule has 0 amide bonds. The molecule has 0 saturated heterocycles. The van der Waals surface area contributed by atoms with Crippen LogP contribution in [0.5, 0.6) is 0 Å². The molecule has 1 N–H and O–H groups in total. The quantitative estimate of drug-likeness (QED) is 0.761. The Balaban J connectivity index is 2.60. The second kappa shape index (κ2) is 4.95. The molecule has 0 saturated carbocycles. The lowest BCUT2D eigenvalue weighted by Crippen LogP contribution is -2.48. The van der Waals surface area contributed by atoms with Crippen LogP contribution in [0.1, 0.15) is 47.5 Å². The van der Waals surface area contributed by atoms with Crippen LogP contribution in [0.3, 0.4) is 0 Å². The van der Waals surface area contributed by atoms with Crippen LogP contribution in [-0.4, -0.2) is 29.6 Å². The Morgan fingerprint density at radius 1 is 1.35 bits per heavy atom. The molecular weight excluding hydrogens is 215 g/mol. The molecule has 95 valence electrons. The van der Waals surface area contributed by atoms with Crippen molar-refractivity contribution in [3.8, 4) is 0 Å². The summed E-state index contributed by atoms with van der Waals surface area (Å²) in [4.78, 5) is 11.4. The fraction of sp³-hybridized carbons (Fsp3) is 0.769. The number of ketones is 1. The average molecular weight is 237 g/mol. The highest BCUT2D eigenvalue weighted by molar-refractivity contribution is 6.39. The van der Waals surface area contributed by atoms with Crippen LogP contribution in [-0.2, 0) is 9.45 Å². The Morgan fingerprint density at radius 3 is 2.41 bits per heavy atom. The first kappa shape index (κ1) is 14.5. The van der Waals surface area contributed by atoms with Gasteiger partial charge in [-0.25, -0.2) is 0 Å². The smallest absolute Gasteiger partial charge is 0.326 e. The van der Waals surface area contributed by atoms with Crippen molar-refractivity contribution >= 4 is 13.3 Å². The number of allylic oxidation sites excluding steroid dienone is 2. The van der Waals surface area contributed by atoms with Crippen molar-refractivity contribution in [2.75, 3.05) is 0 Å². The van der Waals surface area contributed by atoms with Gasteiger partial charge < -0.3 is 9.76 Å². The van der Waals surface area contributed by atoms with Crippen molar-refractivity contribution < 1.29 is 14.6 Å². The van der Waals surface area contributed by atoms with Gasteiger partial charge in [-0.15, -0.1) is 0 Å². The van der Waals surface area contributed by atoms with Crippen molar-refractivity contribution in [3.05, 3.63) is 11.5 Å². The molecular formula is C13H22BO3. The van der Waals surface area contributed by atoms with Crippen LogP contribution in [0.2, 0.25) is 0 Å². The summed E-state index contributed by atoms with van der Waals surface area (Å²) in [6.07, 6.45) is 3.11. The average Bonchev–Trinajstić information content (AvgIpc) is 2.11. The van der Waals surface area contributed by atoms with Gasteiger partial charge in [-0.1, -0.05) is 12.4 Å². The molecule has 0 aromatic rings. The molecule has 1 atom stereocenters. The zero-order valence-corrected chi connectivity index (χ0v) is 11.4. The summed E-state index contributed by atoms with van der Waals surface area (Å²) in [7, 11) is 1.62. The predicted octanol–water partition coefficient (Wildman–Crippen LogP) is 2.05. The van der Waals surface area contributed by atoms with Crippen LogP contribution >= 0.6 is 0 Å². The summed E-state index contributed by atoms with van der Waals surface area (Å²) < 4.78 is 5.63. The van der Waals surface area contributed by atoms with Gasteiger partial charge in [0, 0.05) is 6.42 Å². The van der Waals surface area contributed by atoms with Gasteiger partial charge in [-0.05, 0) is 46.1 Å². The number of carbonyl (C=O) groups is 1. The summed E-state index contributed by atoms with van der Waals surface area (Å²) in [5.41, 5.74) is -0.711. The minimum Gasteiger partial charge on any atom is -0.427 e. The lowest BCUT2D eigenvalue weighted by Gasteiger charge is -2.38. The molecule has 0 spiro atoms. The minimum absolute atomic E-state index is 0.152. The number of aliphatic hydroxyl groups is 1. The topological polar surface area (TPSA) is 46.5 Å². The monoisotopic (exact) mass is 237 g/mol. The standard InChI is InChI=1S/C13H22BO3/c1-9-6-10(8-11(15)7-9)14-17-13(4,5)12(2,3)16/h8-9,16H,6-7H2,1-5H3. The van der Waals surface area contributed by atoms with E-state index >= 15 is 0 Å². The molecule has 1 radical (unpaired) electrons. The zero-order valence-electron chi connectivity index (χ0n) is 11.4. The molecule has 17 heavy (non-hydrogen) atoms. The lowest BCUT2D eigenvalue weighted by molar-refractivity contribution is -0.115. The van der Waals surface area contributed by atoms with Gasteiger partial charge >= 0.3 is 7.48 Å². The highest BCUT2D eigenvalue weighted by atomic mass is 16.5. The van der Waals surface area contributed by atoms with Gasteiger partial charge in [0.2, 0.25) is 0 Å². The maximum Gasteiger partial charge on any atom is 0.326 e. The van der Waals surface area contributed by atoms with E-state index in [0.29, 0.717) is 12.3 Å². The van der Waals surface area contributed by atoms with Crippen LogP contribution in [0.25, 0.3) is 0 Å². The van der Waals surface area contributed by atoms with E-state index in [0.717, 1.165) is 11.9 Å². The van der Waals surface area contributed by atoms with Gasteiger partial charge in [0.1, 0.15) is 0 Å². The fourth-order valence-corrected chi connectivity index (χ4v) is 1.59. The summed E-state index contributed by atoms with van der Waals surface area (Å²) in [6.45, 7) is 9.14. The first-order valence-electron chi connectivity index (χ1n) is 6.08. The first-order chi connectivity index (χ1) is 7.62. The lowest BCUT2D eigenvalue weighted by atomic mass is 9.74. The van der Waals surface area contributed by atoms with E-state index in [4.69, 9.17) is 4.65 Å². The molecule has 1 unspecified atom stereocenters. The van der Waals surface area contributed by atoms with Crippen molar-refractivity contribution in [3.63, 3.8) is 0 Å². The molecule has 0 bridgehead atoms. The number of carbonyl (C=O) groups excluding carboxylic acids is 1. The highest BCUT2D eigenvalue weighted by Crippen LogP contribution is 2.27. The molecule has 0 aromatic heterocycles. The van der Waals surface area contributed by atoms with Crippen molar-refractivity contribution in [1.82, 2.24) is 0 Å². The van der Waals surface area contributed by atoms with Gasteiger partial charge in [0.05, 0.1) is 11.2 Å². The molecule has 1 aliphatic rings. The van der Waals surface area contributed by atoms with E-state index in [1.165, 1.54) is 0 Å². The van der Waals surface area contributed by atoms with E-state index in [-0.39, 0.29) is 5.78 Å². The third-order valence-corrected chi connectivity index (χ3v) is 3.46. The fourth-order valence-electron chi connectivity index (χ4n) is 1.59. The van der Waals surface area contributed by atoms with Crippen LogP contribution in [0.15, 0.2) is 11.5 Å². The van der Waals surface area contributed by atoms with E-state index in [1.54, 1.807) is 27.4 Å². The predicted molar refractivity (Wildman–Crippen MR) is 68.7 cm³/mol. The summed E-state index contributed by atoms with van der Waals surface area (Å²) in [6, 6.07) is 0. The number of hydrogen-bond donors (Lipinski definition) is 1. The Hall–Kier alpha value is -0.605. The molecule has 1 aliphatic carbocycles. The maximum absolute atomic E-state index is 11.4. The molecule has 1 rings (SSSR count). The van der Waals surface area contributed by atoms with Gasteiger partial charge in [-0.3, -0.25) is 4.79 Å². The van der Waals surface area contributed by atoms with E-state index in [1.807, 2.05) is 13.8 Å². The Labute approximate surface area is 105 Å². The molecule has 0 heterocycles. The SMILES string of the molecule is CC1CC(=O)C=C([B]OC(C)(C)C(C)(C)O)C1. The molecule has 4 heteroatoms. The second-order valence-corrected chi connectivity index (χ2v) is 6.00. The third kappa shape index (κ3) is 3.96. The Bertz CT molecular complexity index is 326. The van der Waals surface area contributed by atoms with Crippen LogP contribution < -0.4 is 0 Å². The normalized spacial score (nSPS) is 22.4. The number of hydrogen-bond acceptors (Lipinski definition) is 3. The third-order valence-electron chi connectivity index (χ3n) is 3.46. The van der Waals surface area contributed by atoms with Crippen molar-refractivity contribution in [2.45, 2.75) is 58.7 Å². The van der Waals surface area contributed by atoms with Crippen molar-refractivity contribution in [2.24, 2.45) is 5.92 Å². The zero-order chi connectivity index (χ0) is 13.3. The van der Waals surface area contributed by atoms with Gasteiger partial charge in [0.25, 0.3) is 0 Å². The summed E-state index contributed by atoms with van der Waals surface area (Å²) >= 11 is 0.